The van der Waals surface area contributed by atoms with E-state index in [0.717, 1.165) is 17.7 Å². The van der Waals surface area contributed by atoms with Crippen LogP contribution in [-0.4, -0.2) is 20.4 Å². The van der Waals surface area contributed by atoms with Gasteiger partial charge in [0.05, 0.1) is 5.69 Å². The van der Waals surface area contributed by atoms with Gasteiger partial charge in [0.15, 0.2) is 5.78 Å². The second-order valence-corrected chi connectivity index (χ2v) is 4.11. The van der Waals surface area contributed by atoms with Gasteiger partial charge < -0.3 is 0 Å². The number of aromatic nitrogens is 3. The van der Waals surface area contributed by atoms with Crippen molar-refractivity contribution in [1.29, 1.82) is 0 Å². The van der Waals surface area contributed by atoms with Gasteiger partial charge in [-0.1, -0.05) is 11.4 Å². The third kappa shape index (κ3) is 2.30. The van der Waals surface area contributed by atoms with Crippen LogP contribution in [0, 0.1) is 0 Å². The molecule has 0 bridgehead atoms. The number of hydrogen-bond acceptors (Lipinski definition) is 5. The van der Waals surface area contributed by atoms with Crippen LogP contribution in [0.15, 0.2) is 24.5 Å². The Morgan fingerprint density at radius 1 is 1.38 bits per heavy atom. The molecule has 2 aromatic heterocycles. The third-order valence-corrected chi connectivity index (χ3v) is 3.07. The van der Waals surface area contributed by atoms with Crippen molar-refractivity contribution in [2.24, 2.45) is 0 Å². The Bertz CT molecular complexity index is 481. The number of Topliss-reactive ketones (excluding diaryl/α,β-unsaturated/α-hetero) is 1. The number of nitrogens with zero attached hydrogens (tertiary/aromatic N) is 3. The highest BCUT2D eigenvalue weighted by molar-refractivity contribution is 7.08. The SMILES string of the molecule is CCc1nnsc1C(=O)Cc1ccncc1. The lowest BCUT2D eigenvalue weighted by Gasteiger charge is -1.99. The number of rotatable bonds is 4. The Labute approximate surface area is 97.5 Å². The molecule has 0 aliphatic rings. The van der Waals surface area contributed by atoms with Crippen LogP contribution in [0.25, 0.3) is 0 Å². The zero-order valence-corrected chi connectivity index (χ0v) is 9.70. The zero-order chi connectivity index (χ0) is 11.4. The molecular formula is C11H11N3OS. The van der Waals surface area contributed by atoms with Crippen molar-refractivity contribution in [3.63, 3.8) is 0 Å². The molecule has 0 aromatic carbocycles. The third-order valence-electron chi connectivity index (χ3n) is 2.26. The molecule has 2 rings (SSSR count). The Hall–Kier alpha value is -1.62. The first-order valence-electron chi connectivity index (χ1n) is 5.04. The van der Waals surface area contributed by atoms with Crippen LogP contribution in [0.4, 0.5) is 0 Å². The van der Waals surface area contributed by atoms with Crippen LogP contribution in [0.1, 0.15) is 27.9 Å². The van der Waals surface area contributed by atoms with Crippen LogP contribution in [0.3, 0.4) is 0 Å². The highest BCUT2D eigenvalue weighted by atomic mass is 32.1. The fourth-order valence-electron chi connectivity index (χ4n) is 1.42. The topological polar surface area (TPSA) is 55.7 Å². The van der Waals surface area contributed by atoms with Gasteiger partial charge in [-0.3, -0.25) is 9.78 Å². The Kier molecular flexibility index (Phi) is 3.36. The summed E-state index contributed by atoms with van der Waals surface area (Å²) in [6.45, 7) is 1.97. The second-order valence-electron chi connectivity index (χ2n) is 3.36. The average Bonchev–Trinajstić information content (AvgIpc) is 2.78. The van der Waals surface area contributed by atoms with Crippen molar-refractivity contribution in [2.75, 3.05) is 0 Å². The summed E-state index contributed by atoms with van der Waals surface area (Å²) in [5.41, 5.74) is 1.76. The van der Waals surface area contributed by atoms with Crippen molar-refractivity contribution >= 4 is 17.3 Å². The van der Waals surface area contributed by atoms with E-state index in [0.29, 0.717) is 11.3 Å². The highest BCUT2D eigenvalue weighted by Gasteiger charge is 2.14. The summed E-state index contributed by atoms with van der Waals surface area (Å²) in [6.07, 6.45) is 4.51. The van der Waals surface area contributed by atoms with Gasteiger partial charge in [-0.2, -0.15) is 0 Å². The van der Waals surface area contributed by atoms with Gasteiger partial charge in [-0.05, 0) is 35.6 Å². The van der Waals surface area contributed by atoms with Gasteiger partial charge in [0.1, 0.15) is 4.88 Å². The molecule has 0 saturated heterocycles. The lowest BCUT2D eigenvalue weighted by atomic mass is 10.1. The molecule has 2 heterocycles. The molecule has 5 heteroatoms. The number of carbonyl (C=O) groups is 1. The summed E-state index contributed by atoms with van der Waals surface area (Å²) >= 11 is 1.18. The van der Waals surface area contributed by atoms with Gasteiger partial charge in [0.2, 0.25) is 0 Å². The van der Waals surface area contributed by atoms with Gasteiger partial charge >= 0.3 is 0 Å². The molecule has 0 aliphatic carbocycles. The van der Waals surface area contributed by atoms with Crippen molar-refractivity contribution < 1.29 is 4.79 Å². The standard InChI is InChI=1S/C11H11N3OS/c1-2-9-11(16-14-13-9)10(15)7-8-3-5-12-6-4-8/h3-6H,2,7H2,1H3. The maximum absolute atomic E-state index is 12.0. The van der Waals surface area contributed by atoms with Gasteiger partial charge in [0.25, 0.3) is 0 Å². The maximum atomic E-state index is 12.0. The average molecular weight is 233 g/mol. The van der Waals surface area contributed by atoms with Gasteiger partial charge in [-0.25, -0.2) is 0 Å². The first-order valence-corrected chi connectivity index (χ1v) is 5.82. The van der Waals surface area contributed by atoms with Gasteiger partial charge in [-0.15, -0.1) is 5.10 Å². The summed E-state index contributed by atoms with van der Waals surface area (Å²) in [4.78, 5) is 16.6. The fraction of sp³-hybridized carbons (Fsp3) is 0.273. The quantitative estimate of drug-likeness (QED) is 0.757. The summed E-state index contributed by atoms with van der Waals surface area (Å²) in [5.74, 6) is 0.0815. The monoisotopic (exact) mass is 233 g/mol. The number of hydrogen-bond donors (Lipinski definition) is 0. The number of carbonyl (C=O) groups excluding carboxylic acids is 1. The normalized spacial score (nSPS) is 10.3. The first kappa shape index (κ1) is 10.9. The van der Waals surface area contributed by atoms with Gasteiger partial charge in [0, 0.05) is 18.8 Å². The molecule has 0 unspecified atom stereocenters. The molecule has 4 nitrogen and oxygen atoms in total. The molecule has 0 aliphatic heterocycles. The minimum absolute atomic E-state index is 0.0815. The largest absolute Gasteiger partial charge is 0.293 e. The molecule has 0 radical (unpaired) electrons. The van der Waals surface area contributed by atoms with E-state index in [-0.39, 0.29) is 5.78 Å². The van der Waals surface area contributed by atoms with E-state index in [2.05, 4.69) is 14.6 Å². The lowest BCUT2D eigenvalue weighted by Crippen LogP contribution is -2.04. The molecule has 0 spiro atoms. The minimum Gasteiger partial charge on any atom is -0.293 e. The van der Waals surface area contributed by atoms with E-state index in [1.54, 1.807) is 12.4 Å². The predicted molar refractivity (Wildman–Crippen MR) is 61.6 cm³/mol. The fourth-order valence-corrected chi connectivity index (χ4v) is 2.10. The van der Waals surface area contributed by atoms with Crippen LogP contribution < -0.4 is 0 Å². The summed E-state index contributed by atoms with van der Waals surface area (Å²) in [6, 6.07) is 3.69. The Morgan fingerprint density at radius 2 is 2.12 bits per heavy atom. The van der Waals surface area contributed by atoms with Crippen LogP contribution in [0.5, 0.6) is 0 Å². The first-order chi connectivity index (χ1) is 7.81. The van der Waals surface area contributed by atoms with Crippen molar-refractivity contribution in [3.05, 3.63) is 40.7 Å². The summed E-state index contributed by atoms with van der Waals surface area (Å²) in [5, 5.41) is 3.93. The van der Waals surface area contributed by atoms with Crippen molar-refractivity contribution in [3.8, 4) is 0 Å². The van der Waals surface area contributed by atoms with E-state index < -0.39 is 0 Å². The van der Waals surface area contributed by atoms with E-state index >= 15 is 0 Å². The summed E-state index contributed by atoms with van der Waals surface area (Å²) in [7, 11) is 0. The molecule has 0 N–H and O–H groups in total. The number of aryl methyl sites for hydroxylation is 1. The zero-order valence-electron chi connectivity index (χ0n) is 8.88. The number of pyridine rings is 1. The smallest absolute Gasteiger partial charge is 0.180 e. The lowest BCUT2D eigenvalue weighted by molar-refractivity contribution is 0.0996. The maximum Gasteiger partial charge on any atom is 0.180 e. The minimum atomic E-state index is 0.0815. The van der Waals surface area contributed by atoms with Crippen molar-refractivity contribution in [1.82, 2.24) is 14.6 Å². The molecule has 16 heavy (non-hydrogen) atoms. The molecule has 82 valence electrons. The molecular weight excluding hydrogens is 222 g/mol. The van der Waals surface area contributed by atoms with E-state index in [1.807, 2.05) is 19.1 Å². The van der Waals surface area contributed by atoms with E-state index in [9.17, 15) is 4.79 Å². The van der Waals surface area contributed by atoms with Crippen LogP contribution >= 0.6 is 11.5 Å². The number of ketones is 1. The van der Waals surface area contributed by atoms with E-state index in [4.69, 9.17) is 0 Å². The Balaban J connectivity index is 2.15. The van der Waals surface area contributed by atoms with Crippen LogP contribution in [-0.2, 0) is 12.8 Å². The molecule has 0 atom stereocenters. The predicted octanol–water partition coefficient (Wildman–Crippen LogP) is 1.92. The second kappa shape index (κ2) is 4.94. The summed E-state index contributed by atoms with van der Waals surface area (Å²) < 4.78 is 3.81. The molecule has 0 saturated carbocycles. The Morgan fingerprint density at radius 3 is 2.81 bits per heavy atom. The van der Waals surface area contributed by atoms with Crippen LogP contribution in [0.2, 0.25) is 0 Å². The molecule has 0 fully saturated rings. The highest BCUT2D eigenvalue weighted by Crippen LogP contribution is 2.14. The van der Waals surface area contributed by atoms with E-state index in [1.165, 1.54) is 11.5 Å². The molecule has 0 amide bonds. The van der Waals surface area contributed by atoms with Crippen molar-refractivity contribution in [2.45, 2.75) is 19.8 Å². The molecule has 2 aromatic rings.